The van der Waals surface area contributed by atoms with Crippen molar-refractivity contribution < 1.29 is 31.2 Å². The van der Waals surface area contributed by atoms with Crippen molar-refractivity contribution in [3.05, 3.63) is 100 Å². The number of halogens is 4. The van der Waals surface area contributed by atoms with Gasteiger partial charge in [0.1, 0.15) is 12.6 Å². The lowest BCUT2D eigenvalue weighted by Gasteiger charge is -2.34. The number of sulfonamides is 1. The van der Waals surface area contributed by atoms with Gasteiger partial charge in [-0.05, 0) is 49.6 Å². The number of hydrogen-bond acceptors (Lipinski definition) is 4. The van der Waals surface area contributed by atoms with Crippen LogP contribution in [0.5, 0.6) is 0 Å². The molecule has 0 spiro atoms. The molecule has 0 aliphatic carbocycles. The molecule has 0 unspecified atom stereocenters. The van der Waals surface area contributed by atoms with E-state index in [1.165, 1.54) is 4.90 Å². The molecule has 0 aliphatic rings. The highest BCUT2D eigenvalue weighted by Crippen LogP contribution is 2.36. The summed E-state index contributed by atoms with van der Waals surface area (Å²) in [5.41, 5.74) is 0.730. The zero-order chi connectivity index (χ0) is 31.9. The molecule has 3 aromatic carbocycles. The lowest BCUT2D eigenvalue weighted by Crippen LogP contribution is -2.54. The maximum Gasteiger partial charge on any atom is 0.416 e. The van der Waals surface area contributed by atoms with Gasteiger partial charge in [-0.3, -0.25) is 13.9 Å². The molecule has 0 saturated carbocycles. The van der Waals surface area contributed by atoms with Gasteiger partial charge in [0.2, 0.25) is 21.8 Å². The molecule has 2 amide bonds. The van der Waals surface area contributed by atoms with Crippen molar-refractivity contribution in [1.82, 2.24) is 10.2 Å². The Bertz CT molecular complexity index is 1530. The number of aryl methyl sites for hydroxylation is 1. The van der Waals surface area contributed by atoms with E-state index in [4.69, 9.17) is 11.6 Å². The average Bonchev–Trinajstić information content (AvgIpc) is 2.93. The number of nitrogens with zero attached hydrogens (tertiary/aromatic N) is 2. The molecule has 2 atom stereocenters. The van der Waals surface area contributed by atoms with Crippen molar-refractivity contribution in [2.24, 2.45) is 0 Å². The second-order valence-corrected chi connectivity index (χ2v) is 12.8. The van der Waals surface area contributed by atoms with Crippen LogP contribution in [0.1, 0.15) is 42.5 Å². The van der Waals surface area contributed by atoms with Crippen molar-refractivity contribution in [3.63, 3.8) is 0 Å². The van der Waals surface area contributed by atoms with Crippen molar-refractivity contribution in [2.45, 2.75) is 58.4 Å². The standard InChI is InChI=1S/C31H35ClF3N3O4S/c1-5-22(3)36-30(40)28(17-23-11-7-6-8-12-23)37(19-24-13-9-10-21(2)16-24)29(39)20-38(43(4,41)42)27-18-25(31(33,34)35)14-15-26(27)32/h6-16,18,22,28H,5,17,19-20H2,1-4H3,(H,36,40)/t22-,28+/m1/s1. The number of rotatable bonds is 12. The van der Waals surface area contributed by atoms with Crippen LogP contribution in [0.2, 0.25) is 5.02 Å². The van der Waals surface area contributed by atoms with E-state index in [1.54, 1.807) is 24.3 Å². The fraction of sp³-hybridized carbons (Fsp3) is 0.355. The van der Waals surface area contributed by atoms with Crippen LogP contribution in [0.4, 0.5) is 18.9 Å². The molecule has 7 nitrogen and oxygen atoms in total. The molecule has 1 N–H and O–H groups in total. The topological polar surface area (TPSA) is 86.8 Å². The summed E-state index contributed by atoms with van der Waals surface area (Å²) in [6.45, 7) is 4.65. The number of carbonyl (C=O) groups excluding carboxylic acids is 2. The SMILES string of the molecule is CC[C@@H](C)NC(=O)[C@H](Cc1ccccc1)N(Cc1cccc(C)c1)C(=O)CN(c1cc(C(F)(F)F)ccc1Cl)S(C)(=O)=O. The van der Waals surface area contributed by atoms with Gasteiger partial charge in [0.05, 0.1) is 22.5 Å². The summed E-state index contributed by atoms with van der Waals surface area (Å²) in [5, 5.41) is 2.63. The Balaban J connectivity index is 2.12. The number of carbonyl (C=O) groups is 2. The Hall–Kier alpha value is -3.57. The van der Waals surface area contributed by atoms with Crippen LogP contribution in [0.25, 0.3) is 0 Å². The van der Waals surface area contributed by atoms with Crippen LogP contribution in [0.3, 0.4) is 0 Å². The molecule has 0 radical (unpaired) electrons. The third-order valence-corrected chi connectivity index (χ3v) is 8.37. The summed E-state index contributed by atoms with van der Waals surface area (Å²) in [6.07, 6.45) is -3.26. The summed E-state index contributed by atoms with van der Waals surface area (Å²) in [6, 6.07) is 17.3. The van der Waals surface area contributed by atoms with E-state index in [2.05, 4.69) is 5.32 Å². The van der Waals surface area contributed by atoms with Crippen molar-refractivity contribution in [2.75, 3.05) is 17.1 Å². The minimum absolute atomic E-state index is 0.0557. The van der Waals surface area contributed by atoms with Gasteiger partial charge in [-0.15, -0.1) is 0 Å². The fourth-order valence-electron chi connectivity index (χ4n) is 4.48. The molecule has 12 heteroatoms. The predicted molar refractivity (Wildman–Crippen MR) is 162 cm³/mol. The molecule has 0 saturated heterocycles. The Morgan fingerprint density at radius 3 is 2.21 bits per heavy atom. The molecule has 0 aliphatic heterocycles. The molecule has 0 bridgehead atoms. The van der Waals surface area contributed by atoms with E-state index in [9.17, 15) is 31.2 Å². The first kappa shape index (κ1) is 33.9. The zero-order valence-corrected chi connectivity index (χ0v) is 25.9. The first-order valence-electron chi connectivity index (χ1n) is 13.6. The Labute approximate surface area is 255 Å². The first-order valence-corrected chi connectivity index (χ1v) is 15.9. The summed E-state index contributed by atoms with van der Waals surface area (Å²) < 4.78 is 67.0. The molecule has 43 heavy (non-hydrogen) atoms. The average molecular weight is 638 g/mol. The summed E-state index contributed by atoms with van der Waals surface area (Å²) >= 11 is 6.19. The molecule has 3 aromatic rings. The molecule has 0 heterocycles. The molecular weight excluding hydrogens is 603 g/mol. The fourth-order valence-corrected chi connectivity index (χ4v) is 5.60. The molecule has 0 fully saturated rings. The number of amides is 2. The smallest absolute Gasteiger partial charge is 0.352 e. The van der Waals surface area contributed by atoms with Crippen molar-refractivity contribution in [1.29, 1.82) is 0 Å². The lowest BCUT2D eigenvalue weighted by atomic mass is 10.0. The van der Waals surface area contributed by atoms with Crippen LogP contribution in [0, 0.1) is 6.92 Å². The largest absolute Gasteiger partial charge is 0.416 e. The quantitative estimate of drug-likeness (QED) is 0.264. The molecule has 0 aromatic heterocycles. The second-order valence-electron chi connectivity index (χ2n) is 10.5. The van der Waals surface area contributed by atoms with E-state index in [0.29, 0.717) is 22.4 Å². The van der Waals surface area contributed by atoms with Gasteiger partial charge in [0.15, 0.2) is 0 Å². The normalized spacial score (nSPS) is 13.2. The third kappa shape index (κ3) is 9.46. The number of alkyl halides is 3. The maximum atomic E-state index is 14.1. The maximum absolute atomic E-state index is 14.1. The van der Waals surface area contributed by atoms with Crippen LogP contribution >= 0.6 is 11.6 Å². The van der Waals surface area contributed by atoms with Gasteiger partial charge in [-0.2, -0.15) is 13.2 Å². The number of nitrogens with one attached hydrogen (secondary N) is 1. The number of hydrogen-bond donors (Lipinski definition) is 1. The van der Waals surface area contributed by atoms with Gasteiger partial charge in [0.25, 0.3) is 0 Å². The first-order chi connectivity index (χ1) is 20.1. The minimum Gasteiger partial charge on any atom is -0.352 e. The van der Waals surface area contributed by atoms with Gasteiger partial charge >= 0.3 is 6.18 Å². The summed E-state index contributed by atoms with van der Waals surface area (Å²) in [5.74, 6) is -1.23. The Morgan fingerprint density at radius 2 is 1.63 bits per heavy atom. The zero-order valence-electron chi connectivity index (χ0n) is 24.4. The van der Waals surface area contributed by atoms with Crippen LogP contribution < -0.4 is 9.62 Å². The lowest BCUT2D eigenvalue weighted by molar-refractivity contribution is -0.140. The van der Waals surface area contributed by atoms with E-state index >= 15 is 0 Å². The summed E-state index contributed by atoms with van der Waals surface area (Å²) in [7, 11) is -4.31. The molecule has 232 valence electrons. The van der Waals surface area contributed by atoms with E-state index < -0.39 is 51.9 Å². The van der Waals surface area contributed by atoms with Gasteiger partial charge in [-0.25, -0.2) is 8.42 Å². The van der Waals surface area contributed by atoms with E-state index in [-0.39, 0.29) is 24.0 Å². The van der Waals surface area contributed by atoms with Crippen LogP contribution in [-0.4, -0.2) is 50.0 Å². The highest BCUT2D eigenvalue weighted by molar-refractivity contribution is 7.92. The van der Waals surface area contributed by atoms with Crippen LogP contribution in [0.15, 0.2) is 72.8 Å². The Morgan fingerprint density at radius 1 is 0.977 bits per heavy atom. The Kier molecular flexibility index (Phi) is 11.3. The van der Waals surface area contributed by atoms with Gasteiger partial charge in [-0.1, -0.05) is 78.7 Å². The van der Waals surface area contributed by atoms with E-state index in [0.717, 1.165) is 29.5 Å². The van der Waals surface area contributed by atoms with E-state index in [1.807, 2.05) is 51.1 Å². The minimum atomic E-state index is -4.78. The predicted octanol–water partition coefficient (Wildman–Crippen LogP) is 5.99. The van der Waals surface area contributed by atoms with Crippen molar-refractivity contribution in [3.8, 4) is 0 Å². The van der Waals surface area contributed by atoms with Gasteiger partial charge in [0, 0.05) is 19.0 Å². The second kappa shape index (κ2) is 14.3. The van der Waals surface area contributed by atoms with Gasteiger partial charge < -0.3 is 10.2 Å². The summed E-state index contributed by atoms with van der Waals surface area (Å²) in [4.78, 5) is 29.1. The number of benzene rings is 3. The van der Waals surface area contributed by atoms with Crippen molar-refractivity contribution >= 4 is 39.1 Å². The monoisotopic (exact) mass is 637 g/mol. The third-order valence-electron chi connectivity index (χ3n) is 6.93. The molecule has 3 rings (SSSR count). The molecular formula is C31H35ClF3N3O4S. The highest BCUT2D eigenvalue weighted by Gasteiger charge is 2.36. The number of anilines is 1. The highest BCUT2D eigenvalue weighted by atomic mass is 35.5. The van der Waals surface area contributed by atoms with Crippen LogP contribution in [-0.2, 0) is 38.8 Å².